The summed E-state index contributed by atoms with van der Waals surface area (Å²) in [6.07, 6.45) is 0. The van der Waals surface area contributed by atoms with Crippen molar-refractivity contribution in [3.05, 3.63) is 33.9 Å². The van der Waals surface area contributed by atoms with Crippen LogP contribution in [0.4, 0.5) is 11.4 Å². The molecule has 1 rings (SSSR count). The summed E-state index contributed by atoms with van der Waals surface area (Å²) in [5.41, 5.74) is 5.41. The van der Waals surface area contributed by atoms with Crippen molar-refractivity contribution in [1.29, 1.82) is 0 Å². The van der Waals surface area contributed by atoms with Crippen LogP contribution in [0.2, 0.25) is 0 Å². The number of benzene rings is 1. The van der Waals surface area contributed by atoms with Gasteiger partial charge in [0.05, 0.1) is 4.92 Å². The highest BCUT2D eigenvalue weighted by atomic mass is 16.6. The fourth-order valence-corrected chi connectivity index (χ4v) is 1.76. The highest BCUT2D eigenvalue weighted by molar-refractivity contribution is 5.95. The zero-order valence-corrected chi connectivity index (χ0v) is 11.5. The van der Waals surface area contributed by atoms with E-state index in [4.69, 9.17) is 5.73 Å². The average molecular weight is 279 g/mol. The largest absolute Gasteiger partial charge is 0.368 e. The second kappa shape index (κ2) is 6.14. The lowest BCUT2D eigenvalue weighted by molar-refractivity contribution is -0.384. The third kappa shape index (κ3) is 3.53. The van der Waals surface area contributed by atoms with Crippen LogP contribution in [0.15, 0.2) is 18.2 Å². The molecule has 0 aliphatic carbocycles. The maximum Gasteiger partial charge on any atom is 0.293 e. The number of nitrogens with zero attached hydrogens (tertiary/aromatic N) is 1. The summed E-state index contributed by atoms with van der Waals surface area (Å²) >= 11 is 0. The highest BCUT2D eigenvalue weighted by Crippen LogP contribution is 2.27. The molecule has 108 valence electrons. The van der Waals surface area contributed by atoms with E-state index in [1.807, 2.05) is 0 Å². The number of ketones is 1. The Balaban J connectivity index is 3.20. The molecule has 0 aliphatic heterocycles. The summed E-state index contributed by atoms with van der Waals surface area (Å²) < 4.78 is 0. The molecule has 7 heteroatoms. The van der Waals surface area contributed by atoms with Crippen molar-refractivity contribution in [2.24, 2.45) is 11.7 Å². The molecule has 0 spiro atoms. The minimum absolute atomic E-state index is 0.125. The number of rotatable bonds is 6. The van der Waals surface area contributed by atoms with Gasteiger partial charge in [0.2, 0.25) is 5.91 Å². The number of carbonyl (C=O) groups excluding carboxylic acids is 2. The predicted molar refractivity (Wildman–Crippen MR) is 74.5 cm³/mol. The first-order chi connectivity index (χ1) is 9.23. The van der Waals surface area contributed by atoms with Gasteiger partial charge in [-0.25, -0.2) is 0 Å². The Kier molecular flexibility index (Phi) is 4.79. The molecule has 1 aromatic carbocycles. The van der Waals surface area contributed by atoms with Gasteiger partial charge in [0, 0.05) is 11.6 Å². The molecule has 0 radical (unpaired) electrons. The van der Waals surface area contributed by atoms with Gasteiger partial charge in [-0.05, 0) is 25.0 Å². The Morgan fingerprint density at radius 2 is 1.95 bits per heavy atom. The number of hydrogen-bond donors (Lipinski definition) is 2. The van der Waals surface area contributed by atoms with E-state index in [0.717, 1.165) is 0 Å². The van der Waals surface area contributed by atoms with Crippen LogP contribution >= 0.6 is 0 Å². The Morgan fingerprint density at radius 1 is 1.35 bits per heavy atom. The van der Waals surface area contributed by atoms with Crippen LogP contribution in [0.1, 0.15) is 31.1 Å². The van der Waals surface area contributed by atoms with E-state index in [1.165, 1.54) is 25.1 Å². The number of nitro groups is 1. The van der Waals surface area contributed by atoms with E-state index in [9.17, 15) is 19.7 Å². The summed E-state index contributed by atoms with van der Waals surface area (Å²) in [5, 5.41) is 13.8. The van der Waals surface area contributed by atoms with Crippen LogP contribution in [0, 0.1) is 16.0 Å². The van der Waals surface area contributed by atoms with Crippen molar-refractivity contribution >= 4 is 23.1 Å². The van der Waals surface area contributed by atoms with Gasteiger partial charge in [0.15, 0.2) is 5.78 Å². The number of amides is 1. The fraction of sp³-hybridized carbons (Fsp3) is 0.385. The molecule has 0 heterocycles. The predicted octanol–water partition coefficient (Wildman–Crippen LogP) is 1.72. The lowest BCUT2D eigenvalue weighted by atomic mass is 10.0. The molecule has 0 saturated carbocycles. The van der Waals surface area contributed by atoms with E-state index in [0.29, 0.717) is 0 Å². The second-order valence-electron chi connectivity index (χ2n) is 4.81. The van der Waals surface area contributed by atoms with Gasteiger partial charge >= 0.3 is 0 Å². The molecule has 0 saturated heterocycles. The van der Waals surface area contributed by atoms with E-state index in [1.54, 1.807) is 13.8 Å². The molecular weight excluding hydrogens is 262 g/mol. The first-order valence-corrected chi connectivity index (χ1v) is 6.09. The van der Waals surface area contributed by atoms with E-state index >= 15 is 0 Å². The van der Waals surface area contributed by atoms with Gasteiger partial charge < -0.3 is 11.1 Å². The first-order valence-electron chi connectivity index (χ1n) is 6.09. The number of primary amides is 1. The van der Waals surface area contributed by atoms with Crippen LogP contribution in [0.25, 0.3) is 0 Å². The number of nitrogens with one attached hydrogen (secondary N) is 1. The molecule has 20 heavy (non-hydrogen) atoms. The summed E-state index contributed by atoms with van der Waals surface area (Å²) in [6, 6.07) is 3.34. The molecule has 0 bridgehead atoms. The lowest BCUT2D eigenvalue weighted by Gasteiger charge is -2.20. The molecule has 1 amide bonds. The first kappa shape index (κ1) is 15.6. The molecule has 7 nitrogen and oxygen atoms in total. The van der Waals surface area contributed by atoms with Crippen molar-refractivity contribution in [3.63, 3.8) is 0 Å². The van der Waals surface area contributed by atoms with Crippen molar-refractivity contribution in [1.82, 2.24) is 0 Å². The number of Topliss-reactive ketones (excluding diaryl/α,β-unsaturated/α-hetero) is 1. The van der Waals surface area contributed by atoms with Crippen LogP contribution in [-0.2, 0) is 4.79 Å². The molecule has 1 aromatic rings. The Bertz CT molecular complexity index is 555. The maximum atomic E-state index is 11.3. The van der Waals surface area contributed by atoms with Crippen LogP contribution in [0.5, 0.6) is 0 Å². The Hall–Kier alpha value is -2.44. The van der Waals surface area contributed by atoms with Gasteiger partial charge in [0.25, 0.3) is 5.69 Å². The summed E-state index contributed by atoms with van der Waals surface area (Å²) in [6.45, 7) is 4.88. The average Bonchev–Trinajstić information content (AvgIpc) is 2.34. The van der Waals surface area contributed by atoms with E-state index < -0.39 is 16.9 Å². The van der Waals surface area contributed by atoms with E-state index in [2.05, 4.69) is 5.32 Å². The normalized spacial score (nSPS) is 12.0. The zero-order valence-electron chi connectivity index (χ0n) is 11.5. The van der Waals surface area contributed by atoms with Gasteiger partial charge in [-0.1, -0.05) is 13.8 Å². The van der Waals surface area contributed by atoms with E-state index in [-0.39, 0.29) is 28.6 Å². The lowest BCUT2D eigenvalue weighted by Crippen LogP contribution is -2.39. The molecule has 3 N–H and O–H groups in total. The van der Waals surface area contributed by atoms with Gasteiger partial charge in [-0.3, -0.25) is 19.7 Å². The molecule has 0 fully saturated rings. The number of carbonyl (C=O) groups is 2. The molecule has 0 aromatic heterocycles. The smallest absolute Gasteiger partial charge is 0.293 e. The third-order valence-electron chi connectivity index (χ3n) is 2.89. The number of nitro benzene ring substituents is 1. The number of anilines is 1. The maximum absolute atomic E-state index is 11.3. The summed E-state index contributed by atoms with van der Waals surface area (Å²) in [5.74, 6) is -0.987. The van der Waals surface area contributed by atoms with Gasteiger partial charge in [-0.15, -0.1) is 0 Å². The summed E-state index contributed by atoms with van der Waals surface area (Å²) in [4.78, 5) is 33.0. The Labute approximate surface area is 116 Å². The molecular formula is C13H17N3O4. The Morgan fingerprint density at radius 3 is 2.35 bits per heavy atom. The molecule has 0 aliphatic rings. The molecule has 1 atom stereocenters. The third-order valence-corrected chi connectivity index (χ3v) is 2.89. The van der Waals surface area contributed by atoms with Crippen molar-refractivity contribution in [3.8, 4) is 0 Å². The fourth-order valence-electron chi connectivity index (χ4n) is 1.76. The topological polar surface area (TPSA) is 115 Å². The summed E-state index contributed by atoms with van der Waals surface area (Å²) in [7, 11) is 0. The highest BCUT2D eigenvalue weighted by Gasteiger charge is 2.24. The quantitative estimate of drug-likeness (QED) is 0.467. The van der Waals surface area contributed by atoms with Crippen LogP contribution < -0.4 is 11.1 Å². The van der Waals surface area contributed by atoms with Crippen molar-refractivity contribution in [2.75, 3.05) is 5.32 Å². The van der Waals surface area contributed by atoms with Gasteiger partial charge in [0.1, 0.15) is 11.7 Å². The standard InChI is InChI=1S/C13H17N3O4/c1-7(2)12(13(14)18)15-10-5-4-9(8(3)17)6-11(10)16(19)20/h4-7,12,15H,1-3H3,(H2,14,18). The minimum Gasteiger partial charge on any atom is -0.368 e. The van der Waals surface area contributed by atoms with Crippen LogP contribution in [-0.4, -0.2) is 22.7 Å². The van der Waals surface area contributed by atoms with Crippen LogP contribution in [0.3, 0.4) is 0 Å². The SMILES string of the molecule is CC(=O)c1ccc(NC(C(N)=O)C(C)C)c([N+](=O)[O-])c1. The molecule has 1 unspecified atom stereocenters. The second-order valence-corrected chi connectivity index (χ2v) is 4.81. The number of hydrogen-bond acceptors (Lipinski definition) is 5. The monoisotopic (exact) mass is 279 g/mol. The van der Waals surface area contributed by atoms with Gasteiger partial charge in [-0.2, -0.15) is 0 Å². The van der Waals surface area contributed by atoms with Crippen molar-refractivity contribution < 1.29 is 14.5 Å². The number of nitrogens with two attached hydrogens (primary N) is 1. The van der Waals surface area contributed by atoms with Crippen molar-refractivity contribution in [2.45, 2.75) is 26.8 Å². The zero-order chi connectivity index (χ0) is 15.4. The minimum atomic E-state index is -0.725.